The third kappa shape index (κ3) is 3.23. The van der Waals surface area contributed by atoms with Crippen molar-refractivity contribution in [1.82, 2.24) is 0 Å². The molecule has 5 heteroatoms. The number of nitrogens with two attached hydrogens (primary N) is 1. The molecule has 0 spiro atoms. The van der Waals surface area contributed by atoms with E-state index >= 15 is 0 Å². The van der Waals surface area contributed by atoms with Crippen LogP contribution in [0.15, 0.2) is 42.5 Å². The minimum Gasteiger partial charge on any atom is -0.489 e. The van der Waals surface area contributed by atoms with Gasteiger partial charge in [-0.1, -0.05) is 18.2 Å². The molecule has 0 bridgehead atoms. The lowest BCUT2D eigenvalue weighted by Crippen LogP contribution is -2.10. The molecular weight excluding hydrogens is 267 g/mol. The van der Waals surface area contributed by atoms with Gasteiger partial charge >= 0.3 is 6.18 Å². The molecule has 2 aromatic carbocycles. The van der Waals surface area contributed by atoms with Gasteiger partial charge in [0, 0.05) is 11.3 Å². The molecule has 0 aliphatic carbocycles. The van der Waals surface area contributed by atoms with Crippen LogP contribution in [-0.4, -0.2) is 0 Å². The van der Waals surface area contributed by atoms with E-state index in [1.54, 1.807) is 31.2 Å². The number of rotatable bonds is 3. The zero-order valence-corrected chi connectivity index (χ0v) is 10.9. The van der Waals surface area contributed by atoms with E-state index in [1.807, 2.05) is 0 Å². The molecule has 0 atom stereocenters. The van der Waals surface area contributed by atoms with Crippen LogP contribution in [0.2, 0.25) is 0 Å². The summed E-state index contributed by atoms with van der Waals surface area (Å²) in [4.78, 5) is 0. The fraction of sp³-hybridized carbons (Fsp3) is 0.200. The molecule has 0 saturated heterocycles. The fourth-order valence-corrected chi connectivity index (χ4v) is 1.91. The van der Waals surface area contributed by atoms with Crippen LogP contribution in [0.1, 0.15) is 16.7 Å². The predicted molar refractivity (Wildman–Crippen MR) is 71.4 cm³/mol. The van der Waals surface area contributed by atoms with Gasteiger partial charge in [0.15, 0.2) is 0 Å². The van der Waals surface area contributed by atoms with E-state index in [4.69, 9.17) is 10.5 Å². The number of anilines is 1. The summed E-state index contributed by atoms with van der Waals surface area (Å²) in [5.74, 6) is 0.524. The number of halogens is 3. The number of benzene rings is 2. The molecule has 0 amide bonds. The number of alkyl halides is 3. The van der Waals surface area contributed by atoms with Gasteiger partial charge in [-0.25, -0.2) is 0 Å². The van der Waals surface area contributed by atoms with Crippen LogP contribution in [0.25, 0.3) is 0 Å². The van der Waals surface area contributed by atoms with E-state index in [1.165, 1.54) is 12.1 Å². The standard InChI is InChI=1S/C15H14F3NO/c1-10-8-12(19)6-7-14(10)20-9-11-4-2-3-5-13(11)15(16,17)18/h2-8H,9,19H2,1H3. The largest absolute Gasteiger partial charge is 0.489 e. The summed E-state index contributed by atoms with van der Waals surface area (Å²) in [5.41, 5.74) is 6.42. The number of ether oxygens (including phenoxy) is 1. The Kier molecular flexibility index (Phi) is 3.88. The van der Waals surface area contributed by atoms with E-state index in [9.17, 15) is 13.2 Å². The van der Waals surface area contributed by atoms with Gasteiger partial charge in [-0.15, -0.1) is 0 Å². The second kappa shape index (κ2) is 5.45. The number of aryl methyl sites for hydroxylation is 1. The predicted octanol–water partition coefficient (Wildman–Crippen LogP) is 4.18. The topological polar surface area (TPSA) is 35.2 Å². The monoisotopic (exact) mass is 281 g/mol. The third-order valence-corrected chi connectivity index (χ3v) is 2.90. The van der Waals surface area contributed by atoms with Gasteiger partial charge in [0.1, 0.15) is 12.4 Å². The summed E-state index contributed by atoms with van der Waals surface area (Å²) < 4.78 is 44.0. The maximum Gasteiger partial charge on any atom is 0.416 e. The number of nitrogen functional groups attached to an aromatic ring is 1. The molecule has 106 valence electrons. The molecular formula is C15H14F3NO. The molecule has 2 N–H and O–H groups in total. The summed E-state index contributed by atoms with van der Waals surface area (Å²) in [6, 6.07) is 10.4. The Morgan fingerprint density at radius 2 is 1.80 bits per heavy atom. The van der Waals surface area contributed by atoms with Gasteiger partial charge < -0.3 is 10.5 Å². The lowest BCUT2D eigenvalue weighted by atomic mass is 10.1. The van der Waals surface area contributed by atoms with Crippen molar-refractivity contribution in [3.8, 4) is 5.75 Å². The first-order chi connectivity index (χ1) is 9.38. The van der Waals surface area contributed by atoms with Crippen molar-refractivity contribution in [2.75, 3.05) is 5.73 Å². The lowest BCUT2D eigenvalue weighted by Gasteiger charge is -2.14. The highest BCUT2D eigenvalue weighted by atomic mass is 19.4. The van der Waals surface area contributed by atoms with E-state index in [0.717, 1.165) is 11.6 Å². The SMILES string of the molecule is Cc1cc(N)ccc1OCc1ccccc1C(F)(F)F. The first kappa shape index (κ1) is 14.2. The van der Waals surface area contributed by atoms with Gasteiger partial charge in [0.2, 0.25) is 0 Å². The van der Waals surface area contributed by atoms with Crippen molar-refractivity contribution in [2.24, 2.45) is 0 Å². The normalized spacial score (nSPS) is 11.4. The molecule has 0 radical (unpaired) electrons. The minimum absolute atomic E-state index is 0.108. The van der Waals surface area contributed by atoms with Crippen molar-refractivity contribution in [2.45, 2.75) is 19.7 Å². The molecule has 0 aliphatic rings. The van der Waals surface area contributed by atoms with Crippen LogP contribution in [0.3, 0.4) is 0 Å². The van der Waals surface area contributed by atoms with Crippen LogP contribution in [0.5, 0.6) is 5.75 Å². The van der Waals surface area contributed by atoms with Crippen LogP contribution >= 0.6 is 0 Å². The Morgan fingerprint density at radius 1 is 1.10 bits per heavy atom. The molecule has 0 heterocycles. The molecule has 0 aliphatic heterocycles. The molecule has 0 aromatic heterocycles. The summed E-state index contributed by atoms with van der Waals surface area (Å²) in [6.07, 6.45) is -4.38. The highest BCUT2D eigenvalue weighted by Crippen LogP contribution is 2.32. The van der Waals surface area contributed by atoms with Gasteiger partial charge in [-0.2, -0.15) is 13.2 Å². The highest BCUT2D eigenvalue weighted by molar-refractivity contribution is 5.47. The summed E-state index contributed by atoms with van der Waals surface area (Å²) in [6.45, 7) is 1.65. The summed E-state index contributed by atoms with van der Waals surface area (Å²) >= 11 is 0. The molecule has 2 rings (SSSR count). The van der Waals surface area contributed by atoms with E-state index in [-0.39, 0.29) is 12.2 Å². The Hall–Kier alpha value is -2.17. The van der Waals surface area contributed by atoms with Gasteiger partial charge in [-0.05, 0) is 36.8 Å². The number of hydrogen-bond acceptors (Lipinski definition) is 2. The average Bonchev–Trinajstić information content (AvgIpc) is 2.37. The first-order valence-electron chi connectivity index (χ1n) is 6.02. The van der Waals surface area contributed by atoms with Crippen LogP contribution in [0, 0.1) is 6.92 Å². The van der Waals surface area contributed by atoms with Gasteiger partial charge in [0.25, 0.3) is 0 Å². The fourth-order valence-electron chi connectivity index (χ4n) is 1.91. The minimum atomic E-state index is -4.38. The van der Waals surface area contributed by atoms with Crippen LogP contribution < -0.4 is 10.5 Å². The third-order valence-electron chi connectivity index (χ3n) is 2.90. The second-order valence-corrected chi connectivity index (χ2v) is 4.47. The zero-order valence-electron chi connectivity index (χ0n) is 10.9. The smallest absolute Gasteiger partial charge is 0.416 e. The van der Waals surface area contributed by atoms with Crippen LogP contribution in [0.4, 0.5) is 18.9 Å². The van der Waals surface area contributed by atoms with Crippen LogP contribution in [-0.2, 0) is 12.8 Å². The molecule has 2 aromatic rings. The second-order valence-electron chi connectivity index (χ2n) is 4.47. The van der Waals surface area contributed by atoms with Crippen molar-refractivity contribution < 1.29 is 17.9 Å². The van der Waals surface area contributed by atoms with Crippen molar-refractivity contribution in [3.63, 3.8) is 0 Å². The van der Waals surface area contributed by atoms with E-state index in [0.29, 0.717) is 11.4 Å². The molecule has 0 saturated carbocycles. The van der Waals surface area contributed by atoms with Crippen molar-refractivity contribution in [1.29, 1.82) is 0 Å². The maximum atomic E-state index is 12.8. The lowest BCUT2D eigenvalue weighted by molar-refractivity contribution is -0.138. The highest BCUT2D eigenvalue weighted by Gasteiger charge is 2.32. The molecule has 0 fully saturated rings. The van der Waals surface area contributed by atoms with Gasteiger partial charge in [0.05, 0.1) is 5.56 Å². The van der Waals surface area contributed by atoms with E-state index < -0.39 is 11.7 Å². The molecule has 2 nitrogen and oxygen atoms in total. The Balaban J connectivity index is 2.19. The van der Waals surface area contributed by atoms with E-state index in [2.05, 4.69) is 0 Å². The average molecular weight is 281 g/mol. The summed E-state index contributed by atoms with van der Waals surface area (Å²) in [5, 5.41) is 0. The Morgan fingerprint density at radius 3 is 2.45 bits per heavy atom. The van der Waals surface area contributed by atoms with Gasteiger partial charge in [-0.3, -0.25) is 0 Å². The number of hydrogen-bond donors (Lipinski definition) is 1. The Bertz CT molecular complexity index is 608. The maximum absolute atomic E-state index is 12.8. The quantitative estimate of drug-likeness (QED) is 0.857. The van der Waals surface area contributed by atoms with Crippen molar-refractivity contribution >= 4 is 5.69 Å². The van der Waals surface area contributed by atoms with Crippen molar-refractivity contribution in [3.05, 3.63) is 59.2 Å². The summed E-state index contributed by atoms with van der Waals surface area (Å²) in [7, 11) is 0. The molecule has 20 heavy (non-hydrogen) atoms. The Labute approximate surface area is 115 Å². The zero-order chi connectivity index (χ0) is 14.8. The first-order valence-corrected chi connectivity index (χ1v) is 6.02. The molecule has 0 unspecified atom stereocenters.